The van der Waals surface area contributed by atoms with Gasteiger partial charge in [-0.1, -0.05) is 47.5 Å². The number of halogens is 2. The van der Waals surface area contributed by atoms with E-state index < -0.39 is 0 Å². The van der Waals surface area contributed by atoms with Gasteiger partial charge in [0, 0.05) is 16.6 Å². The molecule has 1 N–H and O–H groups in total. The number of likely N-dealkylation sites (N-methyl/N-ethyl adjacent to an activating group) is 1. The van der Waals surface area contributed by atoms with Gasteiger partial charge in [0.05, 0.1) is 12.6 Å². The summed E-state index contributed by atoms with van der Waals surface area (Å²) < 4.78 is 0. The van der Waals surface area contributed by atoms with Crippen molar-refractivity contribution in [3.8, 4) is 0 Å². The van der Waals surface area contributed by atoms with Crippen LogP contribution in [-0.4, -0.2) is 24.4 Å². The maximum Gasteiger partial charge on any atom is 0.234 e. The summed E-state index contributed by atoms with van der Waals surface area (Å²) in [6.07, 6.45) is 0. The number of nitrogens with one attached hydrogen (secondary N) is 1. The average molecular weight is 351 g/mol. The molecule has 23 heavy (non-hydrogen) atoms. The lowest BCUT2D eigenvalue weighted by Gasteiger charge is -2.19. The van der Waals surface area contributed by atoms with Crippen LogP contribution in [0.25, 0.3) is 0 Å². The highest BCUT2D eigenvalue weighted by atomic mass is 35.5. The molecular formula is C18H20Cl2N2O. The Morgan fingerprint density at radius 3 is 2.13 bits per heavy atom. The SMILES string of the molecule is C[C@@H](NC(=O)CN(C)Cc1ccc(Cl)cc1)c1ccc(Cl)cc1. The molecule has 0 aromatic heterocycles. The number of amides is 1. The van der Waals surface area contributed by atoms with Crippen LogP contribution in [0, 0.1) is 0 Å². The van der Waals surface area contributed by atoms with Gasteiger partial charge in [0.1, 0.15) is 0 Å². The lowest BCUT2D eigenvalue weighted by molar-refractivity contribution is -0.122. The topological polar surface area (TPSA) is 32.3 Å². The Morgan fingerprint density at radius 2 is 1.57 bits per heavy atom. The molecule has 1 amide bonds. The summed E-state index contributed by atoms with van der Waals surface area (Å²) in [7, 11) is 1.92. The highest BCUT2D eigenvalue weighted by molar-refractivity contribution is 6.30. The molecule has 0 fully saturated rings. The Balaban J connectivity index is 1.83. The molecule has 0 aliphatic rings. The van der Waals surface area contributed by atoms with E-state index in [1.54, 1.807) is 0 Å². The minimum atomic E-state index is -0.0521. The van der Waals surface area contributed by atoms with E-state index in [1.165, 1.54) is 0 Å². The number of carbonyl (C=O) groups is 1. The van der Waals surface area contributed by atoms with Gasteiger partial charge < -0.3 is 5.32 Å². The fraction of sp³-hybridized carbons (Fsp3) is 0.278. The molecule has 0 unspecified atom stereocenters. The summed E-state index contributed by atoms with van der Waals surface area (Å²) in [5, 5.41) is 4.40. The molecular weight excluding hydrogens is 331 g/mol. The normalized spacial score (nSPS) is 12.2. The molecule has 0 saturated carbocycles. The summed E-state index contributed by atoms with van der Waals surface area (Å²) in [6, 6.07) is 15.1. The van der Waals surface area contributed by atoms with E-state index in [0.717, 1.165) is 11.1 Å². The fourth-order valence-corrected chi connectivity index (χ4v) is 2.58. The second-order valence-electron chi connectivity index (χ2n) is 5.64. The first-order chi connectivity index (χ1) is 10.9. The fourth-order valence-electron chi connectivity index (χ4n) is 2.32. The van der Waals surface area contributed by atoms with Crippen LogP contribution in [-0.2, 0) is 11.3 Å². The summed E-state index contributed by atoms with van der Waals surface area (Å²) in [5.41, 5.74) is 2.15. The third-order valence-electron chi connectivity index (χ3n) is 3.53. The predicted octanol–water partition coefficient (Wildman–Crippen LogP) is 4.30. The van der Waals surface area contributed by atoms with Crippen LogP contribution in [0.4, 0.5) is 0 Å². The molecule has 0 heterocycles. The standard InChI is InChI=1S/C18H20Cl2N2O/c1-13(15-5-9-17(20)10-6-15)21-18(23)12-22(2)11-14-3-7-16(19)8-4-14/h3-10,13H,11-12H2,1-2H3,(H,21,23)/t13-/m1/s1. The van der Waals surface area contributed by atoms with E-state index in [4.69, 9.17) is 23.2 Å². The molecule has 0 saturated heterocycles. The molecule has 0 spiro atoms. The first-order valence-electron chi connectivity index (χ1n) is 7.42. The molecule has 122 valence electrons. The number of hydrogen-bond acceptors (Lipinski definition) is 2. The monoisotopic (exact) mass is 350 g/mol. The second kappa shape index (κ2) is 8.34. The zero-order valence-corrected chi connectivity index (χ0v) is 14.7. The van der Waals surface area contributed by atoms with Crippen molar-refractivity contribution in [3.63, 3.8) is 0 Å². The molecule has 0 aliphatic carbocycles. The quantitative estimate of drug-likeness (QED) is 0.842. The minimum absolute atomic E-state index is 0.0103. The van der Waals surface area contributed by atoms with Gasteiger partial charge >= 0.3 is 0 Å². The molecule has 2 aromatic rings. The highest BCUT2D eigenvalue weighted by Crippen LogP contribution is 2.16. The van der Waals surface area contributed by atoms with Crippen LogP contribution >= 0.6 is 23.2 Å². The van der Waals surface area contributed by atoms with Gasteiger partial charge in [-0.3, -0.25) is 9.69 Å². The van der Waals surface area contributed by atoms with Crippen molar-refractivity contribution >= 4 is 29.1 Å². The lowest BCUT2D eigenvalue weighted by Crippen LogP contribution is -2.36. The van der Waals surface area contributed by atoms with Crippen molar-refractivity contribution in [3.05, 3.63) is 69.7 Å². The van der Waals surface area contributed by atoms with Gasteiger partial charge in [0.15, 0.2) is 0 Å². The van der Waals surface area contributed by atoms with Crippen molar-refractivity contribution in [2.75, 3.05) is 13.6 Å². The largest absolute Gasteiger partial charge is 0.348 e. The van der Waals surface area contributed by atoms with Gasteiger partial charge in [-0.15, -0.1) is 0 Å². The zero-order valence-electron chi connectivity index (χ0n) is 13.2. The van der Waals surface area contributed by atoms with E-state index in [2.05, 4.69) is 5.32 Å². The Bertz CT molecular complexity index is 641. The highest BCUT2D eigenvalue weighted by Gasteiger charge is 2.12. The van der Waals surface area contributed by atoms with E-state index in [9.17, 15) is 4.79 Å². The molecule has 2 aromatic carbocycles. The first-order valence-corrected chi connectivity index (χ1v) is 8.17. The third-order valence-corrected chi connectivity index (χ3v) is 4.03. The van der Waals surface area contributed by atoms with E-state index in [0.29, 0.717) is 23.1 Å². The lowest BCUT2D eigenvalue weighted by atomic mass is 10.1. The average Bonchev–Trinajstić information content (AvgIpc) is 2.50. The zero-order chi connectivity index (χ0) is 16.8. The summed E-state index contributed by atoms with van der Waals surface area (Å²) >= 11 is 11.7. The molecule has 0 aliphatic heterocycles. The molecule has 0 bridgehead atoms. The summed E-state index contributed by atoms with van der Waals surface area (Å²) in [6.45, 7) is 2.99. The maximum atomic E-state index is 12.1. The molecule has 3 nitrogen and oxygen atoms in total. The Kier molecular flexibility index (Phi) is 6.46. The number of rotatable bonds is 6. The Labute approximate surface area is 147 Å². The van der Waals surface area contributed by atoms with Gasteiger partial charge in [-0.25, -0.2) is 0 Å². The summed E-state index contributed by atoms with van der Waals surface area (Å²) in [4.78, 5) is 14.1. The predicted molar refractivity (Wildman–Crippen MR) is 95.8 cm³/mol. The van der Waals surface area contributed by atoms with E-state index >= 15 is 0 Å². The van der Waals surface area contributed by atoms with Crippen LogP contribution in [0.3, 0.4) is 0 Å². The van der Waals surface area contributed by atoms with Crippen LogP contribution in [0.15, 0.2) is 48.5 Å². The minimum Gasteiger partial charge on any atom is -0.348 e. The maximum absolute atomic E-state index is 12.1. The Morgan fingerprint density at radius 1 is 1.04 bits per heavy atom. The van der Waals surface area contributed by atoms with Crippen molar-refractivity contribution in [1.82, 2.24) is 10.2 Å². The molecule has 1 atom stereocenters. The summed E-state index contributed by atoms with van der Waals surface area (Å²) in [5.74, 6) is -0.0103. The third kappa shape index (κ3) is 5.87. The number of hydrogen-bond donors (Lipinski definition) is 1. The number of benzene rings is 2. The number of carbonyl (C=O) groups excluding carboxylic acids is 1. The van der Waals surface area contributed by atoms with Gasteiger partial charge in [-0.05, 0) is 49.4 Å². The van der Waals surface area contributed by atoms with E-state index in [-0.39, 0.29) is 11.9 Å². The van der Waals surface area contributed by atoms with Crippen molar-refractivity contribution < 1.29 is 4.79 Å². The second-order valence-corrected chi connectivity index (χ2v) is 6.51. The van der Waals surface area contributed by atoms with Crippen LogP contribution in [0.5, 0.6) is 0 Å². The van der Waals surface area contributed by atoms with Crippen LogP contribution in [0.1, 0.15) is 24.1 Å². The number of nitrogens with zero attached hydrogens (tertiary/aromatic N) is 1. The smallest absolute Gasteiger partial charge is 0.234 e. The van der Waals surface area contributed by atoms with E-state index in [1.807, 2.05) is 67.4 Å². The first kappa shape index (κ1) is 17.8. The van der Waals surface area contributed by atoms with Crippen molar-refractivity contribution in [2.24, 2.45) is 0 Å². The van der Waals surface area contributed by atoms with Crippen LogP contribution in [0.2, 0.25) is 10.0 Å². The molecule has 5 heteroatoms. The van der Waals surface area contributed by atoms with Gasteiger partial charge in [0.25, 0.3) is 0 Å². The van der Waals surface area contributed by atoms with Crippen LogP contribution < -0.4 is 5.32 Å². The van der Waals surface area contributed by atoms with Gasteiger partial charge in [-0.2, -0.15) is 0 Å². The molecule has 2 rings (SSSR count). The van der Waals surface area contributed by atoms with Gasteiger partial charge in [0.2, 0.25) is 5.91 Å². The van der Waals surface area contributed by atoms with Crippen molar-refractivity contribution in [1.29, 1.82) is 0 Å². The molecule has 0 radical (unpaired) electrons. The Hall–Kier alpha value is -1.55. The van der Waals surface area contributed by atoms with Crippen molar-refractivity contribution in [2.45, 2.75) is 19.5 Å².